The Balaban J connectivity index is 1.38. The van der Waals surface area contributed by atoms with Crippen LogP contribution in [0.25, 0.3) is 0 Å². The van der Waals surface area contributed by atoms with E-state index in [1.165, 1.54) is 25.0 Å². The molecule has 3 unspecified atom stereocenters. The number of fused-ring (bicyclic) bond motifs is 2. The van der Waals surface area contributed by atoms with E-state index in [9.17, 15) is 9.18 Å². The van der Waals surface area contributed by atoms with Crippen LogP contribution in [0, 0.1) is 23.6 Å². The molecule has 0 saturated carbocycles. The van der Waals surface area contributed by atoms with Crippen LogP contribution in [-0.4, -0.2) is 61.6 Å². The van der Waals surface area contributed by atoms with Gasteiger partial charge in [-0.05, 0) is 48.8 Å². The zero-order valence-corrected chi connectivity index (χ0v) is 14.0. The molecule has 1 aromatic rings. The van der Waals surface area contributed by atoms with E-state index in [0.29, 0.717) is 23.3 Å². The number of hydrogen-bond acceptors (Lipinski definition) is 3. The molecular formula is C19H25FN2O2. The molecule has 3 saturated heterocycles. The molecule has 3 atom stereocenters. The Kier molecular flexibility index (Phi) is 4.55. The maximum atomic E-state index is 13.4. The molecule has 130 valence electrons. The number of halogens is 1. The van der Waals surface area contributed by atoms with Gasteiger partial charge in [-0.3, -0.25) is 4.79 Å². The van der Waals surface area contributed by atoms with E-state index in [0.717, 1.165) is 45.9 Å². The average Bonchev–Trinajstić information content (AvgIpc) is 3.06. The van der Waals surface area contributed by atoms with Crippen molar-refractivity contribution in [1.29, 1.82) is 0 Å². The van der Waals surface area contributed by atoms with Crippen molar-refractivity contribution >= 4 is 5.91 Å². The molecule has 4 rings (SSSR count). The summed E-state index contributed by atoms with van der Waals surface area (Å²) in [6.07, 6.45) is 2.39. The molecule has 0 radical (unpaired) electrons. The second-order valence-corrected chi connectivity index (χ2v) is 7.64. The molecule has 3 aliphatic heterocycles. The Hall–Kier alpha value is -1.46. The van der Waals surface area contributed by atoms with Crippen molar-refractivity contribution in [1.82, 2.24) is 9.80 Å². The van der Waals surface area contributed by atoms with Crippen LogP contribution in [0.2, 0.25) is 0 Å². The van der Waals surface area contributed by atoms with Gasteiger partial charge in [-0.1, -0.05) is 6.07 Å². The molecule has 1 aromatic carbocycles. The number of piperidine rings is 2. The van der Waals surface area contributed by atoms with Gasteiger partial charge in [0.1, 0.15) is 5.82 Å². The van der Waals surface area contributed by atoms with Crippen LogP contribution in [-0.2, 0) is 4.74 Å². The van der Waals surface area contributed by atoms with E-state index in [1.54, 1.807) is 12.1 Å². The van der Waals surface area contributed by atoms with Crippen LogP contribution in [0.15, 0.2) is 24.3 Å². The number of hydrogen-bond donors (Lipinski definition) is 0. The molecule has 3 heterocycles. The Morgan fingerprint density at radius 3 is 2.67 bits per heavy atom. The van der Waals surface area contributed by atoms with Crippen molar-refractivity contribution in [2.45, 2.75) is 12.8 Å². The number of carbonyl (C=O) groups excluding carboxylic acids is 1. The fourth-order valence-electron chi connectivity index (χ4n) is 4.60. The summed E-state index contributed by atoms with van der Waals surface area (Å²) in [5.41, 5.74) is 0.468. The van der Waals surface area contributed by atoms with Gasteiger partial charge in [-0.25, -0.2) is 4.39 Å². The smallest absolute Gasteiger partial charge is 0.253 e. The number of ether oxygens (including phenoxy) is 1. The van der Waals surface area contributed by atoms with Crippen LogP contribution in [0.3, 0.4) is 0 Å². The standard InChI is InChI=1S/C19H25FN2O2/c20-18-3-1-2-17(7-18)19(23)22-11-15-6-16(12-22)10-21(9-15)8-14-4-5-24-13-14/h1-3,7,14-16H,4-6,8-13H2. The van der Waals surface area contributed by atoms with E-state index in [-0.39, 0.29) is 11.7 Å². The number of amides is 1. The van der Waals surface area contributed by atoms with Crippen molar-refractivity contribution in [2.75, 3.05) is 45.9 Å². The second kappa shape index (κ2) is 6.81. The van der Waals surface area contributed by atoms with E-state index in [1.807, 2.05) is 4.90 Å². The van der Waals surface area contributed by atoms with Crippen LogP contribution in [0.4, 0.5) is 4.39 Å². The van der Waals surface area contributed by atoms with Gasteiger partial charge in [0.05, 0.1) is 6.61 Å². The fraction of sp³-hybridized carbons (Fsp3) is 0.632. The fourth-order valence-corrected chi connectivity index (χ4v) is 4.60. The molecular weight excluding hydrogens is 307 g/mol. The first-order chi connectivity index (χ1) is 11.7. The lowest BCUT2D eigenvalue weighted by Crippen LogP contribution is -2.54. The first-order valence-corrected chi connectivity index (χ1v) is 9.02. The highest BCUT2D eigenvalue weighted by Gasteiger charge is 2.36. The second-order valence-electron chi connectivity index (χ2n) is 7.64. The summed E-state index contributed by atoms with van der Waals surface area (Å²) in [5, 5.41) is 0. The van der Waals surface area contributed by atoms with Gasteiger partial charge >= 0.3 is 0 Å². The molecule has 3 aliphatic rings. The third-order valence-electron chi connectivity index (χ3n) is 5.56. The monoisotopic (exact) mass is 332 g/mol. The third-order valence-corrected chi connectivity index (χ3v) is 5.56. The van der Waals surface area contributed by atoms with Gasteiger partial charge in [0.2, 0.25) is 0 Å². The average molecular weight is 332 g/mol. The van der Waals surface area contributed by atoms with Crippen molar-refractivity contribution in [2.24, 2.45) is 17.8 Å². The lowest BCUT2D eigenvalue weighted by molar-refractivity contribution is 0.0211. The predicted molar refractivity (Wildman–Crippen MR) is 89.3 cm³/mol. The minimum Gasteiger partial charge on any atom is -0.381 e. The van der Waals surface area contributed by atoms with E-state index >= 15 is 0 Å². The highest BCUT2D eigenvalue weighted by molar-refractivity contribution is 5.94. The zero-order valence-electron chi connectivity index (χ0n) is 14.0. The summed E-state index contributed by atoms with van der Waals surface area (Å²) in [4.78, 5) is 17.2. The summed E-state index contributed by atoms with van der Waals surface area (Å²) in [5.74, 6) is 1.38. The van der Waals surface area contributed by atoms with E-state index < -0.39 is 0 Å². The molecule has 0 spiro atoms. The topological polar surface area (TPSA) is 32.8 Å². The van der Waals surface area contributed by atoms with Gasteiger partial charge in [0.15, 0.2) is 0 Å². The number of benzene rings is 1. The summed E-state index contributed by atoms with van der Waals surface area (Å²) < 4.78 is 18.9. The third kappa shape index (κ3) is 3.47. The number of carbonyl (C=O) groups is 1. The lowest BCUT2D eigenvalue weighted by atomic mass is 9.84. The maximum Gasteiger partial charge on any atom is 0.253 e. The van der Waals surface area contributed by atoms with Crippen molar-refractivity contribution in [3.05, 3.63) is 35.6 Å². The van der Waals surface area contributed by atoms with Gasteiger partial charge in [0.25, 0.3) is 5.91 Å². The van der Waals surface area contributed by atoms with Crippen LogP contribution >= 0.6 is 0 Å². The first kappa shape index (κ1) is 16.0. The summed E-state index contributed by atoms with van der Waals surface area (Å²) in [6.45, 7) is 6.66. The van der Waals surface area contributed by atoms with Gasteiger partial charge in [-0.15, -0.1) is 0 Å². The van der Waals surface area contributed by atoms with Gasteiger partial charge < -0.3 is 14.5 Å². The number of rotatable bonds is 3. The molecule has 0 N–H and O–H groups in total. The quantitative estimate of drug-likeness (QED) is 0.851. The minimum atomic E-state index is -0.344. The molecule has 1 amide bonds. The number of nitrogens with zero attached hydrogens (tertiary/aromatic N) is 2. The van der Waals surface area contributed by atoms with Crippen molar-refractivity contribution in [3.8, 4) is 0 Å². The van der Waals surface area contributed by atoms with E-state index in [4.69, 9.17) is 4.74 Å². The summed E-state index contributed by atoms with van der Waals surface area (Å²) in [6, 6.07) is 6.05. The largest absolute Gasteiger partial charge is 0.381 e. The SMILES string of the molecule is O=C(c1cccc(F)c1)N1CC2CC(CN(CC3CCOC3)C2)C1. The van der Waals surface area contributed by atoms with Crippen LogP contribution in [0.1, 0.15) is 23.2 Å². The predicted octanol–water partition coefficient (Wildman–Crippen LogP) is 2.26. The first-order valence-electron chi connectivity index (χ1n) is 9.02. The van der Waals surface area contributed by atoms with Crippen LogP contribution in [0.5, 0.6) is 0 Å². The highest BCUT2D eigenvalue weighted by atomic mass is 19.1. The van der Waals surface area contributed by atoms with E-state index in [2.05, 4.69) is 4.90 Å². The Labute approximate surface area is 142 Å². The molecule has 3 fully saturated rings. The Morgan fingerprint density at radius 2 is 2.00 bits per heavy atom. The zero-order chi connectivity index (χ0) is 16.5. The Bertz CT molecular complexity index is 589. The maximum absolute atomic E-state index is 13.4. The molecule has 5 heteroatoms. The molecule has 0 aliphatic carbocycles. The summed E-state index contributed by atoms with van der Waals surface area (Å²) in [7, 11) is 0. The van der Waals surface area contributed by atoms with Crippen molar-refractivity contribution < 1.29 is 13.9 Å². The molecule has 0 aromatic heterocycles. The lowest BCUT2D eigenvalue weighted by Gasteiger charge is -2.46. The number of likely N-dealkylation sites (tertiary alicyclic amines) is 2. The van der Waals surface area contributed by atoms with Crippen LogP contribution < -0.4 is 0 Å². The molecule has 24 heavy (non-hydrogen) atoms. The summed E-state index contributed by atoms with van der Waals surface area (Å²) >= 11 is 0. The van der Waals surface area contributed by atoms with Gasteiger partial charge in [-0.2, -0.15) is 0 Å². The molecule has 4 nitrogen and oxygen atoms in total. The van der Waals surface area contributed by atoms with Gasteiger partial charge in [0, 0.05) is 44.9 Å². The van der Waals surface area contributed by atoms with Crippen molar-refractivity contribution in [3.63, 3.8) is 0 Å². The minimum absolute atomic E-state index is 0.0261. The highest BCUT2D eigenvalue weighted by Crippen LogP contribution is 2.30. The normalized spacial score (nSPS) is 30.5. The Morgan fingerprint density at radius 1 is 1.21 bits per heavy atom. The molecule has 2 bridgehead atoms.